The molecule has 1 aromatic rings. The molecule has 2 aliphatic heterocycles. The number of hydrogen-bond donors (Lipinski definition) is 1. The lowest BCUT2D eigenvalue weighted by Gasteiger charge is -2.28. The van der Waals surface area contributed by atoms with Crippen LogP contribution >= 0.6 is 0 Å². The van der Waals surface area contributed by atoms with E-state index in [4.69, 9.17) is 0 Å². The Balaban J connectivity index is 1.61. The lowest BCUT2D eigenvalue weighted by molar-refractivity contribution is -0.139. The van der Waals surface area contributed by atoms with Gasteiger partial charge in [-0.05, 0) is 18.4 Å². The van der Waals surface area contributed by atoms with Gasteiger partial charge in [0.05, 0.1) is 6.04 Å². The third-order valence-corrected chi connectivity index (χ3v) is 5.36. The maximum absolute atomic E-state index is 12.5. The average Bonchev–Trinajstić information content (AvgIpc) is 3.17. The van der Waals surface area contributed by atoms with Gasteiger partial charge in [-0.1, -0.05) is 30.3 Å². The first-order chi connectivity index (χ1) is 12.0. The van der Waals surface area contributed by atoms with Crippen LogP contribution in [0.15, 0.2) is 30.3 Å². The maximum atomic E-state index is 12.5. The number of benzene rings is 1. The van der Waals surface area contributed by atoms with Gasteiger partial charge in [-0.15, -0.1) is 0 Å². The van der Waals surface area contributed by atoms with Crippen molar-refractivity contribution in [1.29, 1.82) is 0 Å². The summed E-state index contributed by atoms with van der Waals surface area (Å²) in [5.41, 5.74) is 1.15. The SMILES string of the molecule is CNC(=O)[C@@H]1C[C@H]2CN(C(=O)CCc3ccccc3)C[C@H]2N1C(C)=O. The van der Waals surface area contributed by atoms with Crippen LogP contribution in [0.25, 0.3) is 0 Å². The van der Waals surface area contributed by atoms with E-state index < -0.39 is 6.04 Å². The molecule has 3 atom stereocenters. The zero-order valence-corrected chi connectivity index (χ0v) is 14.8. The highest BCUT2D eigenvalue weighted by atomic mass is 16.2. The molecule has 2 aliphatic rings. The Kier molecular flexibility index (Phi) is 5.06. The zero-order valence-electron chi connectivity index (χ0n) is 14.8. The normalized spacial score (nSPS) is 25.0. The van der Waals surface area contributed by atoms with Crippen molar-refractivity contribution in [2.75, 3.05) is 20.1 Å². The lowest BCUT2D eigenvalue weighted by atomic mass is 10.0. The Morgan fingerprint density at radius 2 is 1.88 bits per heavy atom. The van der Waals surface area contributed by atoms with E-state index in [2.05, 4.69) is 5.32 Å². The topological polar surface area (TPSA) is 69.7 Å². The Morgan fingerprint density at radius 1 is 1.16 bits per heavy atom. The highest BCUT2D eigenvalue weighted by molar-refractivity contribution is 5.88. The number of carbonyl (C=O) groups excluding carboxylic acids is 3. The molecule has 6 heteroatoms. The van der Waals surface area contributed by atoms with Gasteiger partial charge in [-0.2, -0.15) is 0 Å². The van der Waals surface area contributed by atoms with E-state index in [0.29, 0.717) is 25.9 Å². The van der Waals surface area contributed by atoms with Crippen molar-refractivity contribution in [2.45, 2.75) is 38.3 Å². The van der Waals surface area contributed by atoms with Crippen molar-refractivity contribution in [3.63, 3.8) is 0 Å². The van der Waals surface area contributed by atoms with E-state index in [9.17, 15) is 14.4 Å². The van der Waals surface area contributed by atoms with Crippen molar-refractivity contribution < 1.29 is 14.4 Å². The molecule has 6 nitrogen and oxygen atoms in total. The van der Waals surface area contributed by atoms with Crippen molar-refractivity contribution in [3.05, 3.63) is 35.9 Å². The fourth-order valence-corrected chi connectivity index (χ4v) is 4.14. The predicted molar refractivity (Wildman–Crippen MR) is 93.6 cm³/mol. The minimum absolute atomic E-state index is 0.0412. The molecule has 2 fully saturated rings. The summed E-state index contributed by atoms with van der Waals surface area (Å²) in [7, 11) is 1.59. The molecule has 0 aliphatic carbocycles. The van der Waals surface area contributed by atoms with Crippen LogP contribution in [0.3, 0.4) is 0 Å². The van der Waals surface area contributed by atoms with Crippen LogP contribution in [-0.2, 0) is 20.8 Å². The Labute approximate surface area is 148 Å². The van der Waals surface area contributed by atoms with Crippen molar-refractivity contribution >= 4 is 17.7 Å². The summed E-state index contributed by atoms with van der Waals surface area (Å²) in [6.07, 6.45) is 1.83. The van der Waals surface area contributed by atoms with Crippen molar-refractivity contribution in [3.8, 4) is 0 Å². The van der Waals surface area contributed by atoms with Gasteiger partial charge in [0, 0.05) is 39.4 Å². The predicted octanol–water partition coefficient (Wildman–Crippen LogP) is 0.813. The molecule has 2 saturated heterocycles. The first-order valence-corrected chi connectivity index (χ1v) is 8.83. The highest BCUT2D eigenvalue weighted by Crippen LogP contribution is 2.36. The van der Waals surface area contributed by atoms with E-state index in [0.717, 1.165) is 12.0 Å². The quantitative estimate of drug-likeness (QED) is 0.880. The van der Waals surface area contributed by atoms with Crippen LogP contribution in [0.1, 0.15) is 25.3 Å². The molecule has 2 heterocycles. The molecule has 1 aromatic carbocycles. The van der Waals surface area contributed by atoms with Crippen LogP contribution in [0, 0.1) is 5.92 Å². The van der Waals surface area contributed by atoms with Gasteiger partial charge >= 0.3 is 0 Å². The summed E-state index contributed by atoms with van der Waals surface area (Å²) in [6.45, 7) is 2.67. The number of fused-ring (bicyclic) bond motifs is 1. The molecule has 0 unspecified atom stereocenters. The van der Waals surface area contributed by atoms with Crippen molar-refractivity contribution in [1.82, 2.24) is 15.1 Å². The lowest BCUT2D eigenvalue weighted by Crippen LogP contribution is -2.49. The Bertz CT molecular complexity index is 661. The number of nitrogens with one attached hydrogen (secondary N) is 1. The third kappa shape index (κ3) is 3.52. The van der Waals surface area contributed by atoms with Crippen molar-refractivity contribution in [2.24, 2.45) is 5.92 Å². The highest BCUT2D eigenvalue weighted by Gasteiger charge is 2.50. The summed E-state index contributed by atoms with van der Waals surface area (Å²) < 4.78 is 0. The van der Waals surface area contributed by atoms with Crippen LogP contribution in [0.2, 0.25) is 0 Å². The van der Waals surface area contributed by atoms with Gasteiger partial charge in [0.25, 0.3) is 0 Å². The van der Waals surface area contributed by atoms with Gasteiger partial charge in [0.2, 0.25) is 17.7 Å². The van der Waals surface area contributed by atoms with E-state index in [1.54, 1.807) is 11.9 Å². The number of hydrogen-bond acceptors (Lipinski definition) is 3. The van der Waals surface area contributed by atoms with Gasteiger partial charge in [0.1, 0.15) is 6.04 Å². The van der Waals surface area contributed by atoms with E-state index in [1.807, 2.05) is 35.2 Å². The second kappa shape index (κ2) is 7.25. The van der Waals surface area contributed by atoms with Crippen LogP contribution in [-0.4, -0.2) is 59.7 Å². The van der Waals surface area contributed by atoms with E-state index in [1.165, 1.54) is 6.92 Å². The number of nitrogens with zero attached hydrogens (tertiary/aromatic N) is 2. The number of likely N-dealkylation sites (tertiary alicyclic amines) is 2. The number of rotatable bonds is 4. The number of aryl methyl sites for hydroxylation is 1. The largest absolute Gasteiger partial charge is 0.357 e. The Hall–Kier alpha value is -2.37. The molecule has 0 radical (unpaired) electrons. The molecule has 0 bridgehead atoms. The zero-order chi connectivity index (χ0) is 18.0. The molecule has 0 saturated carbocycles. The van der Waals surface area contributed by atoms with Crippen LogP contribution < -0.4 is 5.32 Å². The minimum Gasteiger partial charge on any atom is -0.357 e. The monoisotopic (exact) mass is 343 g/mol. The van der Waals surface area contributed by atoms with Gasteiger partial charge in [-0.25, -0.2) is 0 Å². The fourth-order valence-electron chi connectivity index (χ4n) is 4.14. The molecule has 3 rings (SSSR count). The number of likely N-dealkylation sites (N-methyl/N-ethyl adjacent to an activating group) is 1. The molecular formula is C19H25N3O3. The first-order valence-electron chi connectivity index (χ1n) is 8.83. The summed E-state index contributed by atoms with van der Waals surface area (Å²) in [5.74, 6) is 0.0939. The Morgan fingerprint density at radius 3 is 2.52 bits per heavy atom. The third-order valence-electron chi connectivity index (χ3n) is 5.36. The first kappa shape index (κ1) is 17.5. The fraction of sp³-hybridized carbons (Fsp3) is 0.526. The maximum Gasteiger partial charge on any atom is 0.242 e. The molecule has 25 heavy (non-hydrogen) atoms. The minimum atomic E-state index is -0.404. The summed E-state index contributed by atoms with van der Waals surface area (Å²) in [6, 6.07) is 9.52. The second-order valence-corrected chi connectivity index (χ2v) is 6.90. The van der Waals surface area contributed by atoms with Crippen LogP contribution in [0.5, 0.6) is 0 Å². The van der Waals surface area contributed by atoms with E-state index in [-0.39, 0.29) is 29.7 Å². The number of amides is 3. The standard InChI is InChI=1S/C19H25N3O3/c1-13(23)22-16(19(25)20-2)10-15-11-21(12-17(15)22)18(24)9-8-14-6-4-3-5-7-14/h3-7,15-17H,8-12H2,1-2H3,(H,20,25)/t15-,16-,17+/m0/s1. The number of carbonyl (C=O) groups is 3. The van der Waals surface area contributed by atoms with E-state index >= 15 is 0 Å². The summed E-state index contributed by atoms with van der Waals surface area (Å²) in [4.78, 5) is 40.2. The van der Waals surface area contributed by atoms with Gasteiger partial charge in [-0.3, -0.25) is 14.4 Å². The second-order valence-electron chi connectivity index (χ2n) is 6.90. The van der Waals surface area contributed by atoms with Gasteiger partial charge in [0.15, 0.2) is 0 Å². The molecule has 1 N–H and O–H groups in total. The molecule has 3 amide bonds. The smallest absolute Gasteiger partial charge is 0.242 e. The molecule has 0 spiro atoms. The summed E-state index contributed by atoms with van der Waals surface area (Å²) in [5, 5.41) is 2.64. The molecule has 134 valence electrons. The average molecular weight is 343 g/mol. The molecule has 0 aromatic heterocycles. The van der Waals surface area contributed by atoms with Gasteiger partial charge < -0.3 is 15.1 Å². The summed E-state index contributed by atoms with van der Waals surface area (Å²) >= 11 is 0. The molecular weight excluding hydrogens is 318 g/mol. The van der Waals surface area contributed by atoms with Crippen LogP contribution in [0.4, 0.5) is 0 Å².